The van der Waals surface area contributed by atoms with Crippen molar-refractivity contribution in [2.75, 3.05) is 5.32 Å². The lowest BCUT2D eigenvalue weighted by molar-refractivity contribution is 0.0635. The summed E-state index contributed by atoms with van der Waals surface area (Å²) in [7, 11) is 0. The molecule has 1 amide bonds. The van der Waals surface area contributed by atoms with Gasteiger partial charge in [-0.2, -0.15) is 0 Å². The van der Waals surface area contributed by atoms with Crippen LogP contribution < -0.4 is 10.9 Å². The van der Waals surface area contributed by atoms with E-state index < -0.39 is 29.5 Å². The van der Waals surface area contributed by atoms with Crippen molar-refractivity contribution in [3.8, 4) is 0 Å². The minimum absolute atomic E-state index is 0.0934. The molecule has 1 fully saturated rings. The minimum Gasteiger partial charge on any atom is -0.444 e. The number of ether oxygens (including phenoxy) is 1. The van der Waals surface area contributed by atoms with Crippen molar-refractivity contribution in [3.05, 3.63) is 28.7 Å². The van der Waals surface area contributed by atoms with E-state index in [2.05, 4.69) is 5.32 Å². The van der Waals surface area contributed by atoms with Gasteiger partial charge < -0.3 is 9.30 Å². The molecule has 1 N–H and O–H groups in total. The number of nitrogens with one attached hydrogen (secondary N) is 1. The fourth-order valence-electron chi connectivity index (χ4n) is 1.72. The van der Waals surface area contributed by atoms with Gasteiger partial charge >= 0.3 is 6.09 Å². The average molecular weight is 268 g/mol. The van der Waals surface area contributed by atoms with Crippen LogP contribution in [0.25, 0.3) is 0 Å². The molecular formula is C13H17FN2O3. The van der Waals surface area contributed by atoms with Crippen LogP contribution in [-0.4, -0.2) is 22.4 Å². The van der Waals surface area contributed by atoms with E-state index in [4.69, 9.17) is 4.74 Å². The molecule has 1 aromatic heterocycles. The molecule has 2 atom stereocenters. The third-order valence-corrected chi connectivity index (χ3v) is 2.65. The number of rotatable bonds is 2. The predicted octanol–water partition coefficient (Wildman–Crippen LogP) is 2.48. The van der Waals surface area contributed by atoms with Gasteiger partial charge in [-0.05, 0) is 32.9 Å². The van der Waals surface area contributed by atoms with Crippen molar-refractivity contribution in [2.45, 2.75) is 45.0 Å². The second kappa shape index (κ2) is 4.68. The Morgan fingerprint density at radius 2 is 2.16 bits per heavy atom. The number of aromatic nitrogens is 1. The number of hydrogen-bond acceptors (Lipinski definition) is 3. The number of hydrogen-bond donors (Lipinski definition) is 1. The van der Waals surface area contributed by atoms with Crippen LogP contribution in [0.3, 0.4) is 0 Å². The second-order valence-electron chi connectivity index (χ2n) is 5.58. The molecule has 0 spiro atoms. The van der Waals surface area contributed by atoms with Gasteiger partial charge in [-0.3, -0.25) is 10.1 Å². The molecule has 1 saturated carbocycles. The maximum Gasteiger partial charge on any atom is 0.412 e. The fraction of sp³-hybridized carbons (Fsp3) is 0.538. The zero-order chi connectivity index (χ0) is 14.2. The molecule has 6 heteroatoms. The first-order chi connectivity index (χ1) is 8.78. The van der Waals surface area contributed by atoms with Crippen LogP contribution in [0.2, 0.25) is 0 Å². The number of anilines is 1. The summed E-state index contributed by atoms with van der Waals surface area (Å²) in [4.78, 5) is 23.6. The normalized spacial score (nSPS) is 21.9. The molecule has 1 aliphatic rings. The summed E-state index contributed by atoms with van der Waals surface area (Å²) >= 11 is 0. The number of alkyl halides is 1. The van der Waals surface area contributed by atoms with Crippen LogP contribution in [0, 0.1) is 0 Å². The zero-order valence-electron chi connectivity index (χ0n) is 11.1. The Labute approximate surface area is 110 Å². The summed E-state index contributed by atoms with van der Waals surface area (Å²) < 4.78 is 19.4. The van der Waals surface area contributed by atoms with Crippen molar-refractivity contribution in [2.24, 2.45) is 0 Å². The summed E-state index contributed by atoms with van der Waals surface area (Å²) in [6.07, 6.45) is 0.187. The van der Waals surface area contributed by atoms with E-state index in [9.17, 15) is 14.0 Å². The number of carbonyl (C=O) groups is 1. The van der Waals surface area contributed by atoms with Gasteiger partial charge in [-0.1, -0.05) is 0 Å². The van der Waals surface area contributed by atoms with E-state index in [1.54, 1.807) is 26.8 Å². The third kappa shape index (κ3) is 3.33. The summed E-state index contributed by atoms with van der Waals surface area (Å²) in [6, 6.07) is 2.66. The number of carbonyl (C=O) groups excluding carboxylic acids is 1. The van der Waals surface area contributed by atoms with Gasteiger partial charge in [0.15, 0.2) is 0 Å². The number of halogens is 1. The third-order valence-electron chi connectivity index (χ3n) is 2.65. The molecule has 1 aromatic rings. The summed E-state index contributed by atoms with van der Waals surface area (Å²) in [6.45, 7) is 5.19. The molecule has 0 saturated heterocycles. The fourth-order valence-corrected chi connectivity index (χ4v) is 1.72. The van der Waals surface area contributed by atoms with E-state index in [0.29, 0.717) is 6.42 Å². The van der Waals surface area contributed by atoms with Crippen LogP contribution in [0.1, 0.15) is 33.2 Å². The van der Waals surface area contributed by atoms with Gasteiger partial charge in [0, 0.05) is 12.6 Å². The molecule has 104 valence electrons. The quantitative estimate of drug-likeness (QED) is 0.896. The van der Waals surface area contributed by atoms with Crippen molar-refractivity contribution < 1.29 is 13.9 Å². The first-order valence-electron chi connectivity index (χ1n) is 6.13. The van der Waals surface area contributed by atoms with E-state index in [1.165, 1.54) is 16.8 Å². The molecule has 1 heterocycles. The summed E-state index contributed by atoms with van der Waals surface area (Å²) in [5.41, 5.74) is -0.965. The monoisotopic (exact) mass is 268 g/mol. The minimum atomic E-state index is -0.977. The van der Waals surface area contributed by atoms with E-state index >= 15 is 0 Å². The first kappa shape index (κ1) is 13.6. The van der Waals surface area contributed by atoms with E-state index in [-0.39, 0.29) is 5.69 Å². The first-order valence-corrected chi connectivity index (χ1v) is 6.13. The van der Waals surface area contributed by atoms with E-state index in [0.717, 1.165) is 0 Å². The molecule has 19 heavy (non-hydrogen) atoms. The van der Waals surface area contributed by atoms with Crippen molar-refractivity contribution in [3.63, 3.8) is 0 Å². The molecule has 0 aliphatic heterocycles. The average Bonchev–Trinajstić information content (AvgIpc) is 2.96. The molecule has 0 aromatic carbocycles. The predicted molar refractivity (Wildman–Crippen MR) is 69.1 cm³/mol. The van der Waals surface area contributed by atoms with Gasteiger partial charge in [0.25, 0.3) is 5.56 Å². The van der Waals surface area contributed by atoms with Gasteiger partial charge in [-0.25, -0.2) is 9.18 Å². The highest BCUT2D eigenvalue weighted by Crippen LogP contribution is 2.37. The van der Waals surface area contributed by atoms with Crippen LogP contribution >= 0.6 is 0 Å². The zero-order valence-corrected chi connectivity index (χ0v) is 11.1. The number of nitrogens with zero attached hydrogens (tertiary/aromatic N) is 1. The molecule has 1 aliphatic carbocycles. The molecular weight excluding hydrogens is 251 g/mol. The maximum atomic E-state index is 13.0. The Balaban J connectivity index is 2.13. The maximum absolute atomic E-state index is 13.0. The Bertz CT molecular complexity index is 548. The molecule has 1 unspecified atom stereocenters. The summed E-state index contributed by atoms with van der Waals surface area (Å²) in [5, 5.41) is 2.39. The van der Waals surface area contributed by atoms with Crippen LogP contribution in [0.15, 0.2) is 23.1 Å². The highest BCUT2D eigenvalue weighted by atomic mass is 19.1. The standard InChI is InChI=1S/C13H17FN2O3/c1-13(2,3)19-12(18)15-9-5-4-6-16(11(9)17)10-7-8(10)14/h4-6,8,10H,7H2,1-3H3,(H,15,18)/t8?,10-/m1/s1. The summed E-state index contributed by atoms with van der Waals surface area (Å²) in [5.74, 6) is 0. The van der Waals surface area contributed by atoms with Crippen molar-refractivity contribution >= 4 is 11.8 Å². The molecule has 0 bridgehead atoms. The van der Waals surface area contributed by atoms with Crippen LogP contribution in [0.5, 0.6) is 0 Å². The van der Waals surface area contributed by atoms with E-state index in [1.807, 2.05) is 0 Å². The Hall–Kier alpha value is -1.85. The van der Waals surface area contributed by atoms with Crippen molar-refractivity contribution in [1.29, 1.82) is 0 Å². The molecule has 5 nitrogen and oxygen atoms in total. The Morgan fingerprint density at radius 3 is 2.68 bits per heavy atom. The van der Waals surface area contributed by atoms with Crippen LogP contribution in [0.4, 0.5) is 14.9 Å². The molecule has 2 rings (SSSR count). The van der Waals surface area contributed by atoms with Gasteiger partial charge in [0.05, 0.1) is 6.04 Å². The Morgan fingerprint density at radius 1 is 1.53 bits per heavy atom. The SMILES string of the molecule is CC(C)(C)OC(=O)Nc1cccn([C@@H]2CC2F)c1=O. The van der Waals surface area contributed by atoms with Gasteiger partial charge in [-0.15, -0.1) is 0 Å². The highest BCUT2D eigenvalue weighted by Gasteiger charge is 2.39. The number of amides is 1. The van der Waals surface area contributed by atoms with Crippen molar-refractivity contribution in [1.82, 2.24) is 4.57 Å². The topological polar surface area (TPSA) is 60.3 Å². The lowest BCUT2D eigenvalue weighted by atomic mass is 10.2. The molecule has 0 radical (unpaired) electrons. The smallest absolute Gasteiger partial charge is 0.412 e. The Kier molecular flexibility index (Phi) is 3.34. The lowest BCUT2D eigenvalue weighted by Gasteiger charge is -2.19. The van der Waals surface area contributed by atoms with Gasteiger partial charge in [0.1, 0.15) is 17.5 Å². The second-order valence-corrected chi connectivity index (χ2v) is 5.58. The van der Waals surface area contributed by atoms with Crippen LogP contribution in [-0.2, 0) is 4.74 Å². The number of pyridine rings is 1. The van der Waals surface area contributed by atoms with Gasteiger partial charge in [0.2, 0.25) is 0 Å². The lowest BCUT2D eigenvalue weighted by Crippen LogP contribution is -2.30. The largest absolute Gasteiger partial charge is 0.444 e. The highest BCUT2D eigenvalue weighted by molar-refractivity contribution is 5.84.